The van der Waals surface area contributed by atoms with Crippen molar-refractivity contribution in [2.45, 2.75) is 43.6 Å². The lowest BCUT2D eigenvalue weighted by Gasteiger charge is -2.18. The van der Waals surface area contributed by atoms with E-state index in [0.29, 0.717) is 0 Å². The lowest BCUT2D eigenvalue weighted by atomic mass is 10.1. The van der Waals surface area contributed by atoms with E-state index >= 15 is 0 Å². The van der Waals surface area contributed by atoms with Crippen molar-refractivity contribution in [1.82, 2.24) is 10.6 Å². The van der Waals surface area contributed by atoms with E-state index in [1.165, 1.54) is 0 Å². The number of benzene rings is 2. The zero-order chi connectivity index (χ0) is 19.2. The van der Waals surface area contributed by atoms with Gasteiger partial charge in [-0.1, -0.05) is 60.7 Å². The third-order valence-corrected chi connectivity index (χ3v) is 4.79. The first kappa shape index (κ1) is 19.1. The van der Waals surface area contributed by atoms with E-state index in [2.05, 4.69) is 10.6 Å². The zero-order valence-corrected chi connectivity index (χ0v) is 14.9. The molecule has 3 rings (SSSR count). The van der Waals surface area contributed by atoms with Gasteiger partial charge in [0.05, 0.1) is 24.9 Å². The summed E-state index contributed by atoms with van der Waals surface area (Å²) in [4.78, 5) is 24.4. The van der Waals surface area contributed by atoms with Crippen molar-refractivity contribution in [2.24, 2.45) is 0 Å². The number of hydrogen-bond donors (Lipinski definition) is 4. The van der Waals surface area contributed by atoms with E-state index in [1.807, 2.05) is 60.7 Å². The van der Waals surface area contributed by atoms with Crippen LogP contribution in [0.25, 0.3) is 0 Å². The lowest BCUT2D eigenvalue weighted by Crippen LogP contribution is -2.45. The van der Waals surface area contributed by atoms with Crippen LogP contribution in [0.3, 0.4) is 0 Å². The van der Waals surface area contributed by atoms with E-state index in [9.17, 15) is 19.8 Å². The molecule has 2 amide bonds. The van der Waals surface area contributed by atoms with Gasteiger partial charge in [-0.2, -0.15) is 0 Å². The number of carbonyl (C=O) groups excluding carboxylic acids is 2. The number of amides is 2. The molecule has 1 aliphatic rings. The van der Waals surface area contributed by atoms with E-state index in [0.717, 1.165) is 11.1 Å². The summed E-state index contributed by atoms with van der Waals surface area (Å²) in [6, 6.07) is 17.4. The lowest BCUT2D eigenvalue weighted by molar-refractivity contribution is -0.123. The van der Waals surface area contributed by atoms with Crippen LogP contribution in [0.4, 0.5) is 0 Å². The quantitative estimate of drug-likeness (QED) is 0.599. The molecular formula is C21H24N2O4. The van der Waals surface area contributed by atoms with Gasteiger partial charge in [-0.15, -0.1) is 0 Å². The molecule has 0 spiro atoms. The number of aliphatic hydroxyl groups excluding tert-OH is 2. The molecular weight excluding hydrogens is 344 g/mol. The molecule has 1 saturated carbocycles. The predicted octanol–water partition coefficient (Wildman–Crippen LogP) is 0.567. The number of carbonyl (C=O) groups is 2. The van der Waals surface area contributed by atoms with Gasteiger partial charge in [-0.25, -0.2) is 0 Å². The second kappa shape index (κ2) is 8.79. The molecule has 1 fully saturated rings. The Morgan fingerprint density at radius 3 is 1.48 bits per heavy atom. The van der Waals surface area contributed by atoms with Crippen LogP contribution in [-0.4, -0.2) is 46.3 Å². The Morgan fingerprint density at radius 1 is 0.741 bits per heavy atom. The third kappa shape index (κ3) is 5.15. The molecule has 6 nitrogen and oxygen atoms in total. The van der Waals surface area contributed by atoms with E-state index in [4.69, 9.17) is 0 Å². The van der Waals surface area contributed by atoms with Gasteiger partial charge in [0.2, 0.25) is 11.8 Å². The van der Waals surface area contributed by atoms with Crippen molar-refractivity contribution in [3.8, 4) is 0 Å². The fourth-order valence-electron chi connectivity index (χ4n) is 3.40. The highest BCUT2D eigenvalue weighted by Gasteiger charge is 2.42. The second-order valence-corrected chi connectivity index (χ2v) is 6.89. The topological polar surface area (TPSA) is 98.7 Å². The average Bonchev–Trinajstić information content (AvgIpc) is 2.91. The highest BCUT2D eigenvalue weighted by Crippen LogP contribution is 2.21. The Labute approximate surface area is 158 Å². The minimum absolute atomic E-state index is 0.200. The molecule has 4 N–H and O–H groups in total. The molecule has 2 aromatic rings. The monoisotopic (exact) mass is 368 g/mol. The minimum Gasteiger partial charge on any atom is -0.388 e. The van der Waals surface area contributed by atoms with Crippen molar-refractivity contribution < 1.29 is 19.8 Å². The average molecular weight is 368 g/mol. The molecule has 0 unspecified atom stereocenters. The predicted molar refractivity (Wildman–Crippen MR) is 101 cm³/mol. The maximum atomic E-state index is 12.2. The molecule has 142 valence electrons. The van der Waals surface area contributed by atoms with Gasteiger partial charge in [0, 0.05) is 0 Å². The van der Waals surface area contributed by atoms with Crippen molar-refractivity contribution >= 4 is 11.8 Å². The Bertz CT molecular complexity index is 701. The minimum atomic E-state index is -1.12. The summed E-state index contributed by atoms with van der Waals surface area (Å²) in [5.41, 5.74) is 1.74. The Hall–Kier alpha value is -2.70. The summed E-state index contributed by atoms with van der Waals surface area (Å²) in [6.45, 7) is 0. The van der Waals surface area contributed by atoms with E-state index in [1.54, 1.807) is 0 Å². The molecule has 6 heteroatoms. The summed E-state index contributed by atoms with van der Waals surface area (Å²) in [6.07, 6.45) is -1.56. The highest BCUT2D eigenvalue weighted by atomic mass is 16.3. The van der Waals surface area contributed by atoms with E-state index < -0.39 is 24.3 Å². The molecule has 0 aliphatic heterocycles. The molecule has 0 heterocycles. The Balaban J connectivity index is 1.52. The van der Waals surface area contributed by atoms with Crippen LogP contribution in [0, 0.1) is 0 Å². The van der Waals surface area contributed by atoms with Gasteiger partial charge in [0.25, 0.3) is 0 Å². The van der Waals surface area contributed by atoms with Crippen molar-refractivity contribution in [1.29, 1.82) is 0 Å². The second-order valence-electron chi connectivity index (χ2n) is 6.89. The Kier molecular flexibility index (Phi) is 6.21. The summed E-state index contributed by atoms with van der Waals surface area (Å²) < 4.78 is 0. The van der Waals surface area contributed by atoms with Gasteiger partial charge in [0.15, 0.2) is 0 Å². The Morgan fingerprint density at radius 2 is 1.11 bits per heavy atom. The summed E-state index contributed by atoms with van der Waals surface area (Å²) in [7, 11) is 0. The van der Waals surface area contributed by atoms with Gasteiger partial charge < -0.3 is 20.8 Å². The highest BCUT2D eigenvalue weighted by molar-refractivity contribution is 5.80. The zero-order valence-electron chi connectivity index (χ0n) is 14.9. The summed E-state index contributed by atoms with van der Waals surface area (Å²) in [5.74, 6) is -0.456. The standard InChI is InChI=1S/C21H24N2O4/c24-18(11-14-7-3-1-4-8-14)22-16-13-17(21(27)20(16)26)23-19(25)12-15-9-5-2-6-10-15/h1-10,16-17,20-21,26-27H,11-13H2,(H,22,24)(H,23,25)/t16-,17+,20+,21-. The fourth-order valence-corrected chi connectivity index (χ4v) is 3.40. The van der Waals surface area contributed by atoms with Gasteiger partial charge >= 0.3 is 0 Å². The number of hydrogen-bond acceptors (Lipinski definition) is 4. The van der Waals surface area contributed by atoms with Crippen LogP contribution in [0.5, 0.6) is 0 Å². The first-order valence-corrected chi connectivity index (χ1v) is 9.05. The number of aliphatic hydroxyl groups is 2. The number of rotatable bonds is 6. The molecule has 0 saturated heterocycles. The summed E-state index contributed by atoms with van der Waals surface area (Å²) >= 11 is 0. The normalized spacial score (nSPS) is 24.4. The van der Waals surface area contributed by atoms with Crippen LogP contribution in [0.15, 0.2) is 60.7 Å². The van der Waals surface area contributed by atoms with Gasteiger partial charge in [0.1, 0.15) is 12.2 Å². The first-order valence-electron chi connectivity index (χ1n) is 9.05. The third-order valence-electron chi connectivity index (χ3n) is 4.79. The molecule has 4 atom stereocenters. The molecule has 0 bridgehead atoms. The fraction of sp³-hybridized carbons (Fsp3) is 0.333. The maximum absolute atomic E-state index is 12.2. The summed E-state index contributed by atoms with van der Waals surface area (Å²) in [5, 5.41) is 26.0. The largest absolute Gasteiger partial charge is 0.388 e. The molecule has 1 aliphatic carbocycles. The van der Waals surface area contributed by atoms with Crippen LogP contribution < -0.4 is 10.6 Å². The smallest absolute Gasteiger partial charge is 0.224 e. The molecule has 0 radical (unpaired) electrons. The van der Waals surface area contributed by atoms with E-state index in [-0.39, 0.29) is 31.1 Å². The molecule has 0 aromatic heterocycles. The van der Waals surface area contributed by atoms with Crippen molar-refractivity contribution in [3.05, 3.63) is 71.8 Å². The van der Waals surface area contributed by atoms with Crippen LogP contribution >= 0.6 is 0 Å². The van der Waals surface area contributed by atoms with Crippen LogP contribution in [0.2, 0.25) is 0 Å². The SMILES string of the molecule is O=C(Cc1ccccc1)N[C@H]1C[C@@H](NC(=O)Cc2ccccc2)[C@H](O)[C@@H]1O. The first-order chi connectivity index (χ1) is 13.0. The van der Waals surface area contributed by atoms with Crippen LogP contribution in [-0.2, 0) is 22.4 Å². The van der Waals surface area contributed by atoms with Gasteiger partial charge in [-0.05, 0) is 17.5 Å². The number of nitrogens with one attached hydrogen (secondary N) is 2. The van der Waals surface area contributed by atoms with Crippen molar-refractivity contribution in [2.75, 3.05) is 0 Å². The van der Waals surface area contributed by atoms with Crippen LogP contribution in [0.1, 0.15) is 17.5 Å². The maximum Gasteiger partial charge on any atom is 0.224 e. The molecule has 27 heavy (non-hydrogen) atoms. The molecule has 2 aromatic carbocycles. The van der Waals surface area contributed by atoms with Crippen molar-refractivity contribution in [3.63, 3.8) is 0 Å². The van der Waals surface area contributed by atoms with Gasteiger partial charge in [-0.3, -0.25) is 9.59 Å².